The van der Waals surface area contributed by atoms with Gasteiger partial charge in [-0.15, -0.1) is 10.2 Å². The summed E-state index contributed by atoms with van der Waals surface area (Å²) >= 11 is 0. The fourth-order valence-corrected chi connectivity index (χ4v) is 2.11. The predicted molar refractivity (Wildman–Crippen MR) is 80.0 cm³/mol. The molecule has 0 spiro atoms. The normalized spacial score (nSPS) is 11.1. The number of hydrogen-bond donors (Lipinski definition) is 0. The Bertz CT molecular complexity index is 883. The van der Waals surface area contributed by atoms with Gasteiger partial charge in [0.1, 0.15) is 5.65 Å². The molecular formula is C16H13N5. The first kappa shape index (κ1) is 13.0. The number of azo groups is 1. The van der Waals surface area contributed by atoms with Crippen molar-refractivity contribution in [3.05, 3.63) is 59.4 Å². The molecule has 0 radical (unpaired) electrons. The molecule has 0 bridgehead atoms. The highest BCUT2D eigenvalue weighted by Crippen LogP contribution is 2.24. The van der Waals surface area contributed by atoms with E-state index in [0.717, 1.165) is 16.9 Å². The maximum atomic E-state index is 8.89. The summed E-state index contributed by atoms with van der Waals surface area (Å²) in [5, 5.41) is 17.4. The second-order valence-corrected chi connectivity index (χ2v) is 4.82. The molecule has 0 amide bonds. The van der Waals surface area contributed by atoms with E-state index in [1.54, 1.807) is 18.2 Å². The number of benzene rings is 1. The Morgan fingerprint density at radius 3 is 2.81 bits per heavy atom. The van der Waals surface area contributed by atoms with E-state index in [-0.39, 0.29) is 0 Å². The van der Waals surface area contributed by atoms with Crippen LogP contribution in [0, 0.1) is 25.2 Å². The number of fused-ring (bicyclic) bond motifs is 1. The van der Waals surface area contributed by atoms with Gasteiger partial charge in [-0.25, -0.2) is 4.98 Å². The van der Waals surface area contributed by atoms with Crippen LogP contribution in [-0.2, 0) is 0 Å². The van der Waals surface area contributed by atoms with Crippen molar-refractivity contribution >= 4 is 17.2 Å². The Morgan fingerprint density at radius 2 is 2.00 bits per heavy atom. The monoisotopic (exact) mass is 275 g/mol. The van der Waals surface area contributed by atoms with Gasteiger partial charge in [-0.1, -0.05) is 6.07 Å². The summed E-state index contributed by atoms with van der Waals surface area (Å²) in [4.78, 5) is 4.48. The van der Waals surface area contributed by atoms with Crippen molar-refractivity contribution in [2.75, 3.05) is 0 Å². The average molecular weight is 275 g/mol. The van der Waals surface area contributed by atoms with E-state index < -0.39 is 0 Å². The topological polar surface area (TPSA) is 65.8 Å². The van der Waals surface area contributed by atoms with Crippen molar-refractivity contribution in [1.82, 2.24) is 9.38 Å². The molecule has 0 aliphatic rings. The predicted octanol–water partition coefficient (Wildman–Crippen LogP) is 4.24. The van der Waals surface area contributed by atoms with Crippen LogP contribution in [0.3, 0.4) is 0 Å². The van der Waals surface area contributed by atoms with Crippen LogP contribution in [0.15, 0.2) is 52.8 Å². The van der Waals surface area contributed by atoms with Crippen LogP contribution in [0.2, 0.25) is 0 Å². The third-order valence-corrected chi connectivity index (χ3v) is 3.16. The second-order valence-electron chi connectivity index (χ2n) is 4.82. The Morgan fingerprint density at radius 1 is 1.14 bits per heavy atom. The van der Waals surface area contributed by atoms with E-state index in [2.05, 4.69) is 21.3 Å². The molecule has 0 aliphatic heterocycles. The first-order valence-corrected chi connectivity index (χ1v) is 6.54. The molecular weight excluding hydrogens is 262 g/mol. The van der Waals surface area contributed by atoms with Crippen molar-refractivity contribution in [2.24, 2.45) is 10.2 Å². The van der Waals surface area contributed by atoms with Crippen LogP contribution >= 0.6 is 0 Å². The largest absolute Gasteiger partial charge is 0.283 e. The Kier molecular flexibility index (Phi) is 3.20. The molecule has 5 heteroatoms. The van der Waals surface area contributed by atoms with E-state index >= 15 is 0 Å². The molecule has 2 aromatic heterocycles. The number of aryl methyl sites for hydroxylation is 2. The highest BCUT2D eigenvalue weighted by molar-refractivity contribution is 5.53. The van der Waals surface area contributed by atoms with Crippen LogP contribution in [0.25, 0.3) is 5.65 Å². The number of nitriles is 1. The quantitative estimate of drug-likeness (QED) is 0.656. The zero-order chi connectivity index (χ0) is 14.8. The number of nitrogens with zero attached hydrogens (tertiary/aromatic N) is 5. The Balaban J connectivity index is 2.03. The molecule has 0 atom stereocenters. The molecule has 0 saturated carbocycles. The van der Waals surface area contributed by atoms with Crippen molar-refractivity contribution in [3.63, 3.8) is 0 Å². The SMILES string of the molecule is Cc1ccn2c(N=Nc3cccc(C#N)c3)c(C)nc2c1. The van der Waals surface area contributed by atoms with E-state index in [4.69, 9.17) is 5.26 Å². The minimum atomic E-state index is 0.567. The third kappa shape index (κ3) is 2.51. The maximum Gasteiger partial charge on any atom is 0.182 e. The lowest BCUT2D eigenvalue weighted by Gasteiger charge is -1.97. The highest BCUT2D eigenvalue weighted by atomic mass is 15.2. The fourth-order valence-electron chi connectivity index (χ4n) is 2.11. The molecule has 2 heterocycles. The molecule has 0 saturated heterocycles. The molecule has 21 heavy (non-hydrogen) atoms. The van der Waals surface area contributed by atoms with Gasteiger partial charge in [0.15, 0.2) is 5.82 Å². The van der Waals surface area contributed by atoms with Crippen molar-refractivity contribution in [2.45, 2.75) is 13.8 Å². The first-order chi connectivity index (χ1) is 10.2. The zero-order valence-electron chi connectivity index (χ0n) is 11.8. The average Bonchev–Trinajstić information content (AvgIpc) is 2.80. The molecule has 0 aliphatic carbocycles. The van der Waals surface area contributed by atoms with Gasteiger partial charge in [-0.05, 0) is 49.7 Å². The van der Waals surface area contributed by atoms with E-state index in [9.17, 15) is 0 Å². The molecule has 0 unspecified atom stereocenters. The lowest BCUT2D eigenvalue weighted by atomic mass is 10.2. The van der Waals surface area contributed by atoms with Crippen LogP contribution in [0.5, 0.6) is 0 Å². The molecule has 0 N–H and O–H groups in total. The van der Waals surface area contributed by atoms with Crippen molar-refractivity contribution < 1.29 is 0 Å². The smallest absolute Gasteiger partial charge is 0.182 e. The van der Waals surface area contributed by atoms with E-state index in [0.29, 0.717) is 17.1 Å². The van der Waals surface area contributed by atoms with Crippen LogP contribution in [-0.4, -0.2) is 9.38 Å². The summed E-state index contributed by atoms with van der Waals surface area (Å²) in [5.41, 5.74) is 4.04. The van der Waals surface area contributed by atoms with E-state index in [1.165, 1.54) is 0 Å². The van der Waals surface area contributed by atoms with Gasteiger partial charge in [0.05, 0.1) is 23.0 Å². The molecule has 102 valence electrons. The maximum absolute atomic E-state index is 8.89. The van der Waals surface area contributed by atoms with Gasteiger partial charge < -0.3 is 0 Å². The lowest BCUT2D eigenvalue weighted by Crippen LogP contribution is -1.83. The summed E-state index contributed by atoms with van der Waals surface area (Å²) in [5.74, 6) is 0.701. The second kappa shape index (κ2) is 5.17. The van der Waals surface area contributed by atoms with Gasteiger partial charge in [-0.2, -0.15) is 5.26 Å². The number of imidazole rings is 1. The molecule has 3 rings (SSSR count). The molecule has 5 nitrogen and oxygen atoms in total. The van der Waals surface area contributed by atoms with Crippen LogP contribution < -0.4 is 0 Å². The van der Waals surface area contributed by atoms with Gasteiger partial charge in [0.25, 0.3) is 0 Å². The fraction of sp³-hybridized carbons (Fsp3) is 0.125. The zero-order valence-corrected chi connectivity index (χ0v) is 11.8. The van der Waals surface area contributed by atoms with E-state index in [1.807, 2.05) is 42.6 Å². The highest BCUT2D eigenvalue weighted by Gasteiger charge is 2.07. The number of pyridine rings is 1. The number of hydrogen-bond acceptors (Lipinski definition) is 4. The number of aromatic nitrogens is 2. The van der Waals surface area contributed by atoms with Crippen LogP contribution in [0.4, 0.5) is 11.5 Å². The number of rotatable bonds is 2. The minimum absolute atomic E-state index is 0.567. The van der Waals surface area contributed by atoms with Crippen molar-refractivity contribution in [1.29, 1.82) is 5.26 Å². The Hall–Kier alpha value is -3.00. The molecule has 1 aromatic carbocycles. The Labute approximate surface area is 122 Å². The van der Waals surface area contributed by atoms with Gasteiger partial charge in [0.2, 0.25) is 0 Å². The standard InChI is InChI=1S/C16H13N5/c1-11-6-7-21-15(8-11)18-12(2)16(21)20-19-14-5-3-4-13(9-14)10-17/h3-9H,1-2H3. The summed E-state index contributed by atoms with van der Waals surface area (Å²) in [6.45, 7) is 3.93. The van der Waals surface area contributed by atoms with Gasteiger partial charge in [-0.3, -0.25) is 4.40 Å². The molecule has 3 aromatic rings. The van der Waals surface area contributed by atoms with Gasteiger partial charge in [0, 0.05) is 6.20 Å². The van der Waals surface area contributed by atoms with Crippen molar-refractivity contribution in [3.8, 4) is 6.07 Å². The summed E-state index contributed by atoms with van der Waals surface area (Å²) in [6.07, 6.45) is 1.94. The molecule has 0 fully saturated rings. The summed E-state index contributed by atoms with van der Waals surface area (Å²) in [7, 11) is 0. The summed E-state index contributed by atoms with van der Waals surface area (Å²) in [6, 6.07) is 13.1. The summed E-state index contributed by atoms with van der Waals surface area (Å²) < 4.78 is 1.90. The third-order valence-electron chi connectivity index (χ3n) is 3.16. The lowest BCUT2D eigenvalue weighted by molar-refractivity contribution is 1.09. The van der Waals surface area contributed by atoms with Crippen LogP contribution in [0.1, 0.15) is 16.8 Å². The minimum Gasteiger partial charge on any atom is -0.283 e. The van der Waals surface area contributed by atoms with Gasteiger partial charge >= 0.3 is 0 Å². The first-order valence-electron chi connectivity index (χ1n) is 6.54.